The number of carbonyl (C=O) groups excluding carboxylic acids is 1. The minimum Gasteiger partial charge on any atom is -0.489 e. The van der Waals surface area contributed by atoms with Gasteiger partial charge in [-0.25, -0.2) is 0 Å². The number of rotatable bonds is 9. The summed E-state index contributed by atoms with van der Waals surface area (Å²) >= 11 is 0. The van der Waals surface area contributed by atoms with Crippen molar-refractivity contribution in [3.8, 4) is 5.75 Å². The highest BCUT2D eigenvalue weighted by Gasteiger charge is 2.29. The summed E-state index contributed by atoms with van der Waals surface area (Å²) in [7, 11) is 0. The Balaban J connectivity index is 1.29. The van der Waals surface area contributed by atoms with Crippen LogP contribution >= 0.6 is 0 Å². The molecule has 0 bridgehead atoms. The molecule has 0 amide bonds. The van der Waals surface area contributed by atoms with E-state index in [0.717, 1.165) is 44.3 Å². The van der Waals surface area contributed by atoms with Crippen LogP contribution in [-0.2, 0) is 16.1 Å². The van der Waals surface area contributed by atoms with Crippen molar-refractivity contribution in [3.63, 3.8) is 0 Å². The lowest BCUT2D eigenvalue weighted by molar-refractivity contribution is -0.151. The molecule has 186 valence electrons. The van der Waals surface area contributed by atoms with E-state index in [2.05, 4.69) is 85.8 Å². The molecule has 0 N–H and O–H groups in total. The zero-order valence-electron chi connectivity index (χ0n) is 21.2. The fourth-order valence-corrected chi connectivity index (χ4v) is 5.60. The van der Waals surface area contributed by atoms with E-state index in [0.29, 0.717) is 13.0 Å². The number of unbranched alkanes of at least 4 members (excludes halogenated alkanes) is 2. The second-order valence-corrected chi connectivity index (χ2v) is 10.0. The van der Waals surface area contributed by atoms with Crippen molar-refractivity contribution in [3.05, 3.63) is 90.0 Å². The van der Waals surface area contributed by atoms with Gasteiger partial charge in [-0.3, -0.25) is 4.79 Å². The Morgan fingerprint density at radius 2 is 1.50 bits per heavy atom. The summed E-state index contributed by atoms with van der Waals surface area (Å²) in [5.41, 5.74) is 2.46. The fraction of sp³-hybridized carbons (Fsp3) is 0.364. The van der Waals surface area contributed by atoms with Gasteiger partial charge in [-0.1, -0.05) is 86.8 Å². The minimum atomic E-state index is -0.0392. The average Bonchev–Trinajstić information content (AvgIpc) is 2.92. The van der Waals surface area contributed by atoms with Gasteiger partial charge in [-0.15, -0.1) is 0 Å². The van der Waals surface area contributed by atoms with Crippen molar-refractivity contribution in [2.75, 3.05) is 0 Å². The zero-order valence-corrected chi connectivity index (χ0v) is 21.2. The molecule has 0 spiro atoms. The summed E-state index contributed by atoms with van der Waals surface area (Å²) in [5.74, 6) is 1.09. The Morgan fingerprint density at radius 1 is 0.833 bits per heavy atom. The highest BCUT2D eigenvalue weighted by molar-refractivity contribution is 6.02. The molecule has 4 aromatic carbocycles. The van der Waals surface area contributed by atoms with Crippen LogP contribution in [0.25, 0.3) is 21.5 Å². The second-order valence-electron chi connectivity index (χ2n) is 10.0. The lowest BCUT2D eigenvalue weighted by Crippen LogP contribution is -2.28. The van der Waals surface area contributed by atoms with E-state index in [4.69, 9.17) is 9.47 Å². The van der Waals surface area contributed by atoms with Crippen LogP contribution in [0, 0.1) is 0 Å². The molecule has 4 aromatic rings. The first-order valence-electron chi connectivity index (χ1n) is 13.5. The standard InChI is InChI=1S/C33H36O3/c1-2-3-4-17-33(34)36-32-16-10-9-15-30(32)24-18-20-27(21-19-24)35-23-31-28-13-7-5-11-25(28)22-26-12-6-8-14-29(26)31/h5-8,11-14,18-22,30,32H,2-4,9-10,15-17,23H2,1H3/t30-,32+/m0/s1. The molecule has 2 atom stereocenters. The largest absolute Gasteiger partial charge is 0.489 e. The van der Waals surface area contributed by atoms with Gasteiger partial charge < -0.3 is 9.47 Å². The molecule has 0 heterocycles. The first-order valence-corrected chi connectivity index (χ1v) is 13.5. The zero-order chi connectivity index (χ0) is 24.7. The number of esters is 1. The molecule has 1 aliphatic carbocycles. The Kier molecular flexibility index (Phi) is 7.85. The third kappa shape index (κ3) is 5.56. The monoisotopic (exact) mass is 480 g/mol. The van der Waals surface area contributed by atoms with Crippen molar-refractivity contribution in [1.82, 2.24) is 0 Å². The van der Waals surface area contributed by atoms with Crippen molar-refractivity contribution in [2.24, 2.45) is 0 Å². The number of carbonyl (C=O) groups is 1. The maximum Gasteiger partial charge on any atom is 0.306 e. The Morgan fingerprint density at radius 3 is 2.19 bits per heavy atom. The summed E-state index contributed by atoms with van der Waals surface area (Å²) < 4.78 is 12.3. The molecule has 1 saturated carbocycles. The van der Waals surface area contributed by atoms with Crippen molar-refractivity contribution in [1.29, 1.82) is 0 Å². The molecule has 0 radical (unpaired) electrons. The van der Waals surface area contributed by atoms with E-state index in [1.807, 2.05) is 0 Å². The van der Waals surface area contributed by atoms with Crippen LogP contribution in [0.4, 0.5) is 0 Å². The molecule has 0 aliphatic heterocycles. The van der Waals surface area contributed by atoms with Crippen LogP contribution in [0.15, 0.2) is 78.9 Å². The summed E-state index contributed by atoms with van der Waals surface area (Å²) in [6.07, 6.45) is 7.97. The number of benzene rings is 4. The van der Waals surface area contributed by atoms with E-state index in [1.165, 1.54) is 39.1 Å². The minimum absolute atomic E-state index is 0.0123. The highest BCUT2D eigenvalue weighted by Crippen LogP contribution is 2.36. The molecule has 0 aromatic heterocycles. The molecule has 0 saturated heterocycles. The normalized spacial score (nSPS) is 17.8. The molecular weight excluding hydrogens is 444 g/mol. The number of fused-ring (bicyclic) bond motifs is 2. The van der Waals surface area contributed by atoms with Gasteiger partial charge in [-0.05, 0) is 71.0 Å². The maximum absolute atomic E-state index is 12.4. The molecule has 3 nitrogen and oxygen atoms in total. The molecular formula is C33H36O3. The van der Waals surface area contributed by atoms with Gasteiger partial charge in [0.15, 0.2) is 0 Å². The van der Waals surface area contributed by atoms with E-state index in [9.17, 15) is 4.79 Å². The van der Waals surface area contributed by atoms with E-state index >= 15 is 0 Å². The molecule has 36 heavy (non-hydrogen) atoms. The molecule has 1 aliphatic rings. The summed E-state index contributed by atoms with van der Waals surface area (Å²) in [4.78, 5) is 12.4. The van der Waals surface area contributed by atoms with Gasteiger partial charge in [0.25, 0.3) is 0 Å². The van der Waals surface area contributed by atoms with E-state index in [1.54, 1.807) is 0 Å². The lowest BCUT2D eigenvalue weighted by atomic mass is 9.81. The summed E-state index contributed by atoms with van der Waals surface area (Å²) in [5, 5.41) is 4.94. The lowest BCUT2D eigenvalue weighted by Gasteiger charge is -2.31. The quantitative estimate of drug-likeness (QED) is 0.136. The molecule has 1 fully saturated rings. The topological polar surface area (TPSA) is 35.5 Å². The van der Waals surface area contributed by atoms with E-state index < -0.39 is 0 Å². The van der Waals surface area contributed by atoms with Crippen molar-refractivity contribution >= 4 is 27.5 Å². The smallest absolute Gasteiger partial charge is 0.306 e. The van der Waals surface area contributed by atoms with Crippen LogP contribution < -0.4 is 4.74 Å². The van der Waals surface area contributed by atoms with Gasteiger partial charge in [0.1, 0.15) is 18.5 Å². The number of ether oxygens (including phenoxy) is 2. The van der Waals surface area contributed by atoms with Gasteiger partial charge in [-0.2, -0.15) is 0 Å². The van der Waals surface area contributed by atoms with Gasteiger partial charge in [0, 0.05) is 17.9 Å². The van der Waals surface area contributed by atoms with Gasteiger partial charge in [0.05, 0.1) is 0 Å². The Hall–Kier alpha value is -3.33. The van der Waals surface area contributed by atoms with Crippen LogP contribution in [0.1, 0.15) is 75.3 Å². The van der Waals surface area contributed by atoms with Crippen LogP contribution in [0.2, 0.25) is 0 Å². The first-order chi connectivity index (χ1) is 17.7. The van der Waals surface area contributed by atoms with Crippen LogP contribution in [-0.4, -0.2) is 12.1 Å². The van der Waals surface area contributed by atoms with Gasteiger partial charge in [0.2, 0.25) is 0 Å². The fourth-order valence-electron chi connectivity index (χ4n) is 5.60. The Bertz CT molecular complexity index is 1250. The SMILES string of the molecule is CCCCCC(=O)O[C@@H]1CCCC[C@H]1c1ccc(OCc2c3ccccc3cc3ccccc23)cc1. The predicted octanol–water partition coefficient (Wildman–Crippen LogP) is 8.72. The third-order valence-electron chi connectivity index (χ3n) is 7.54. The average molecular weight is 481 g/mol. The van der Waals surface area contributed by atoms with Crippen LogP contribution in [0.5, 0.6) is 5.75 Å². The first kappa shape index (κ1) is 24.4. The Labute approximate surface area is 214 Å². The van der Waals surface area contributed by atoms with E-state index in [-0.39, 0.29) is 18.0 Å². The summed E-state index contributed by atoms with van der Waals surface area (Å²) in [6.45, 7) is 2.67. The molecule has 0 unspecified atom stereocenters. The number of hydrogen-bond donors (Lipinski definition) is 0. The molecule has 5 rings (SSSR count). The second kappa shape index (κ2) is 11.6. The van der Waals surface area contributed by atoms with Gasteiger partial charge >= 0.3 is 5.97 Å². The van der Waals surface area contributed by atoms with Crippen LogP contribution in [0.3, 0.4) is 0 Å². The number of hydrogen-bond acceptors (Lipinski definition) is 3. The summed E-state index contributed by atoms with van der Waals surface area (Å²) in [6, 6.07) is 27.7. The van der Waals surface area contributed by atoms with Crippen molar-refractivity contribution in [2.45, 2.75) is 76.9 Å². The predicted molar refractivity (Wildman–Crippen MR) is 147 cm³/mol. The third-order valence-corrected chi connectivity index (χ3v) is 7.54. The maximum atomic E-state index is 12.4. The molecule has 3 heteroatoms. The van der Waals surface area contributed by atoms with Crippen molar-refractivity contribution < 1.29 is 14.3 Å². The highest BCUT2D eigenvalue weighted by atomic mass is 16.5.